The first kappa shape index (κ1) is 27.1. The predicted molar refractivity (Wildman–Crippen MR) is 203 cm³/mol. The van der Waals surface area contributed by atoms with Gasteiger partial charge in [0.25, 0.3) is 0 Å². The summed E-state index contributed by atoms with van der Waals surface area (Å²) in [5.74, 6) is 1.80. The van der Waals surface area contributed by atoms with Crippen LogP contribution >= 0.6 is 0 Å². The lowest BCUT2D eigenvalue weighted by atomic mass is 9.99. The number of para-hydroxylation sites is 2. The lowest BCUT2D eigenvalue weighted by Crippen LogP contribution is -2.00. The molecule has 3 heterocycles. The first-order valence-electron chi connectivity index (χ1n) is 16.7. The quantitative estimate of drug-likeness (QED) is 0.180. The zero-order valence-electron chi connectivity index (χ0n) is 26.6. The Balaban J connectivity index is 1.18. The molecule has 3 aromatic heterocycles. The molecule has 0 radical (unpaired) electrons. The maximum atomic E-state index is 6.26. The van der Waals surface area contributed by atoms with E-state index >= 15 is 0 Å². The number of hydrogen-bond donors (Lipinski definition) is 0. The van der Waals surface area contributed by atoms with E-state index in [0.29, 0.717) is 17.5 Å². The molecule has 0 N–H and O–H groups in total. The van der Waals surface area contributed by atoms with E-state index in [1.807, 2.05) is 42.5 Å². The van der Waals surface area contributed by atoms with Gasteiger partial charge in [-0.2, -0.15) is 0 Å². The molecule has 0 aliphatic rings. The second-order valence-corrected chi connectivity index (χ2v) is 12.8. The molecular formula is C45H25N3O2. The molecule has 8 aromatic carbocycles. The summed E-state index contributed by atoms with van der Waals surface area (Å²) in [7, 11) is 0. The fraction of sp³-hybridized carbons (Fsp3) is 0. The lowest BCUT2D eigenvalue weighted by Gasteiger charge is -2.11. The van der Waals surface area contributed by atoms with Crippen molar-refractivity contribution >= 4 is 76.2 Å². The Labute approximate surface area is 285 Å². The minimum atomic E-state index is 0.591. The largest absolute Gasteiger partial charge is 0.456 e. The Morgan fingerprint density at radius 3 is 1.68 bits per heavy atom. The summed E-state index contributed by atoms with van der Waals surface area (Å²) in [5.41, 5.74) is 6.07. The molecule has 0 spiro atoms. The van der Waals surface area contributed by atoms with Crippen molar-refractivity contribution in [3.63, 3.8) is 0 Å². The molecule has 0 saturated heterocycles. The average molecular weight is 640 g/mol. The van der Waals surface area contributed by atoms with E-state index in [4.69, 9.17) is 23.8 Å². The summed E-state index contributed by atoms with van der Waals surface area (Å²) < 4.78 is 12.5. The number of furan rings is 2. The first-order chi connectivity index (χ1) is 24.7. The van der Waals surface area contributed by atoms with Crippen molar-refractivity contribution in [3.05, 3.63) is 152 Å². The summed E-state index contributed by atoms with van der Waals surface area (Å²) in [6.45, 7) is 0. The Morgan fingerprint density at radius 2 is 0.860 bits per heavy atom. The number of hydrogen-bond acceptors (Lipinski definition) is 5. The van der Waals surface area contributed by atoms with Gasteiger partial charge in [-0.1, -0.05) is 115 Å². The van der Waals surface area contributed by atoms with Gasteiger partial charge in [-0.3, -0.25) is 0 Å². The van der Waals surface area contributed by atoms with Crippen LogP contribution in [0, 0.1) is 0 Å². The van der Waals surface area contributed by atoms with Crippen LogP contribution in [0.25, 0.3) is 110 Å². The van der Waals surface area contributed by atoms with Gasteiger partial charge in [0.15, 0.2) is 17.5 Å². The van der Waals surface area contributed by atoms with Gasteiger partial charge in [-0.25, -0.2) is 15.0 Å². The normalized spacial score (nSPS) is 12.0. The second kappa shape index (κ2) is 10.3. The van der Waals surface area contributed by atoms with Crippen LogP contribution in [-0.4, -0.2) is 15.0 Å². The zero-order valence-corrected chi connectivity index (χ0v) is 26.6. The van der Waals surface area contributed by atoms with Crippen molar-refractivity contribution < 1.29 is 8.83 Å². The van der Waals surface area contributed by atoms with Gasteiger partial charge in [0.1, 0.15) is 22.3 Å². The van der Waals surface area contributed by atoms with Crippen LogP contribution in [0.3, 0.4) is 0 Å². The van der Waals surface area contributed by atoms with Gasteiger partial charge >= 0.3 is 0 Å². The van der Waals surface area contributed by atoms with Crippen molar-refractivity contribution in [2.24, 2.45) is 0 Å². The second-order valence-electron chi connectivity index (χ2n) is 12.8. The number of aromatic nitrogens is 3. The van der Waals surface area contributed by atoms with Gasteiger partial charge in [-0.15, -0.1) is 0 Å². The average Bonchev–Trinajstić information content (AvgIpc) is 3.76. The van der Waals surface area contributed by atoms with Gasteiger partial charge < -0.3 is 8.83 Å². The molecule has 0 bridgehead atoms. The standard InChI is InChI=1S/C45H25N3O2/c1-2-9-31-26(8-1)16-18-28-24-29(20-22-32(28)31)43-46-44(48-45(47-43)35-12-7-15-39-41(35)33-10-3-5-13-37(33)49-39)30-19-17-27-21-23-40-42(36(27)25-30)34-11-4-6-14-38(34)50-40/h1-25H. The van der Waals surface area contributed by atoms with Crippen molar-refractivity contribution in [3.8, 4) is 34.2 Å². The van der Waals surface area contributed by atoms with E-state index in [0.717, 1.165) is 76.7 Å². The number of nitrogens with zero attached hydrogens (tertiary/aromatic N) is 3. The van der Waals surface area contributed by atoms with Crippen LogP contribution in [0.1, 0.15) is 0 Å². The van der Waals surface area contributed by atoms with Gasteiger partial charge in [0, 0.05) is 38.2 Å². The summed E-state index contributed by atoms with van der Waals surface area (Å²) in [5, 5.41) is 11.2. The fourth-order valence-corrected chi connectivity index (χ4v) is 7.55. The van der Waals surface area contributed by atoms with Gasteiger partial charge in [-0.05, 0) is 68.7 Å². The van der Waals surface area contributed by atoms with Crippen LogP contribution in [0.4, 0.5) is 0 Å². The Bertz CT molecular complexity index is 3170. The van der Waals surface area contributed by atoms with Gasteiger partial charge in [0.05, 0.1) is 0 Å². The van der Waals surface area contributed by atoms with Crippen molar-refractivity contribution in [2.45, 2.75) is 0 Å². The molecule has 0 atom stereocenters. The molecule has 5 nitrogen and oxygen atoms in total. The molecular weight excluding hydrogens is 615 g/mol. The number of fused-ring (bicyclic) bond motifs is 11. The molecule has 11 aromatic rings. The van der Waals surface area contributed by atoms with Gasteiger partial charge in [0.2, 0.25) is 0 Å². The Kier molecular flexibility index (Phi) is 5.60. The minimum Gasteiger partial charge on any atom is -0.456 e. The van der Waals surface area contributed by atoms with Crippen LogP contribution in [0.15, 0.2) is 160 Å². The third-order valence-corrected chi connectivity index (χ3v) is 9.90. The fourth-order valence-electron chi connectivity index (χ4n) is 7.55. The van der Waals surface area contributed by atoms with E-state index in [2.05, 4.69) is 109 Å². The summed E-state index contributed by atoms with van der Waals surface area (Å²) in [6.07, 6.45) is 0. The van der Waals surface area contributed by atoms with Crippen LogP contribution in [-0.2, 0) is 0 Å². The smallest absolute Gasteiger partial charge is 0.164 e. The zero-order chi connectivity index (χ0) is 32.8. The van der Waals surface area contributed by atoms with Crippen LogP contribution < -0.4 is 0 Å². The van der Waals surface area contributed by atoms with Crippen LogP contribution in [0.5, 0.6) is 0 Å². The van der Waals surface area contributed by atoms with E-state index in [-0.39, 0.29) is 0 Å². The highest BCUT2D eigenvalue weighted by Gasteiger charge is 2.19. The number of benzene rings is 8. The molecule has 5 heteroatoms. The Hall–Kier alpha value is -6.85. The third-order valence-electron chi connectivity index (χ3n) is 9.90. The van der Waals surface area contributed by atoms with E-state index in [1.165, 1.54) is 16.2 Å². The van der Waals surface area contributed by atoms with E-state index in [9.17, 15) is 0 Å². The van der Waals surface area contributed by atoms with Crippen molar-refractivity contribution in [1.29, 1.82) is 0 Å². The van der Waals surface area contributed by atoms with Crippen molar-refractivity contribution in [1.82, 2.24) is 15.0 Å². The molecule has 0 amide bonds. The van der Waals surface area contributed by atoms with Crippen LogP contribution in [0.2, 0.25) is 0 Å². The molecule has 0 saturated carbocycles. The predicted octanol–water partition coefficient (Wildman–Crippen LogP) is 12.1. The highest BCUT2D eigenvalue weighted by molar-refractivity contribution is 6.19. The van der Waals surface area contributed by atoms with E-state index in [1.54, 1.807) is 0 Å². The SMILES string of the molecule is c1ccc2c(c1)ccc1cc(-c3nc(-c4ccc5ccc6oc7ccccc7c6c5c4)nc(-c4cccc5oc6ccccc6c45)n3)ccc12. The lowest BCUT2D eigenvalue weighted by molar-refractivity contribution is 0.668. The molecule has 0 unspecified atom stereocenters. The topological polar surface area (TPSA) is 65.0 Å². The summed E-state index contributed by atoms with van der Waals surface area (Å²) in [6, 6.07) is 52.3. The third kappa shape index (κ3) is 4.04. The maximum Gasteiger partial charge on any atom is 0.164 e. The molecule has 0 fully saturated rings. The maximum absolute atomic E-state index is 6.26. The number of rotatable bonds is 3. The molecule has 232 valence electrons. The summed E-state index contributed by atoms with van der Waals surface area (Å²) in [4.78, 5) is 15.5. The van der Waals surface area contributed by atoms with Crippen molar-refractivity contribution in [2.75, 3.05) is 0 Å². The molecule has 11 rings (SSSR count). The highest BCUT2D eigenvalue weighted by Crippen LogP contribution is 2.39. The highest BCUT2D eigenvalue weighted by atomic mass is 16.3. The minimum absolute atomic E-state index is 0.591. The Morgan fingerprint density at radius 1 is 0.320 bits per heavy atom. The summed E-state index contributed by atoms with van der Waals surface area (Å²) >= 11 is 0. The van der Waals surface area contributed by atoms with E-state index < -0.39 is 0 Å². The molecule has 0 aliphatic carbocycles. The molecule has 0 aliphatic heterocycles. The monoisotopic (exact) mass is 639 g/mol. The molecule has 50 heavy (non-hydrogen) atoms. The first-order valence-corrected chi connectivity index (χ1v) is 16.7.